The lowest BCUT2D eigenvalue weighted by Crippen LogP contribution is -2.39. The van der Waals surface area contributed by atoms with Crippen LogP contribution in [0.5, 0.6) is 5.75 Å². The lowest BCUT2D eigenvalue weighted by Gasteiger charge is -1.99. The van der Waals surface area contributed by atoms with Crippen LogP contribution >= 0.6 is 0 Å². The fourth-order valence-electron chi connectivity index (χ4n) is 2.56. The van der Waals surface area contributed by atoms with Gasteiger partial charge >= 0.3 is 0 Å². The van der Waals surface area contributed by atoms with Gasteiger partial charge in [-0.2, -0.15) is 4.68 Å². The minimum Gasteiger partial charge on any atom is -0.501 e. The summed E-state index contributed by atoms with van der Waals surface area (Å²) in [7, 11) is 3.91. The van der Waals surface area contributed by atoms with Crippen molar-refractivity contribution in [1.29, 1.82) is 0 Å². The molecule has 3 heteroatoms. The molecular weight excluding hydrogens is 248 g/mol. The number of nitrogens with zero attached hydrogens (tertiary/aromatic N) is 2. The summed E-state index contributed by atoms with van der Waals surface area (Å²) in [5.41, 5.74) is 3.66. The maximum atomic E-state index is 10.7. The molecule has 20 heavy (non-hydrogen) atoms. The van der Waals surface area contributed by atoms with Gasteiger partial charge in [0.1, 0.15) is 0 Å². The molecule has 0 atom stereocenters. The first-order valence-electron chi connectivity index (χ1n) is 6.59. The first-order chi connectivity index (χ1) is 9.70. The molecule has 0 saturated carbocycles. The van der Waals surface area contributed by atoms with E-state index >= 15 is 0 Å². The van der Waals surface area contributed by atoms with Crippen molar-refractivity contribution in [3.05, 3.63) is 60.7 Å². The Kier molecular flexibility index (Phi) is 3.03. The van der Waals surface area contributed by atoms with E-state index in [0.29, 0.717) is 5.75 Å². The van der Waals surface area contributed by atoms with E-state index in [4.69, 9.17) is 0 Å². The van der Waals surface area contributed by atoms with E-state index in [-0.39, 0.29) is 0 Å². The minimum absolute atomic E-state index is 0.312. The molecule has 0 unspecified atom stereocenters. The minimum atomic E-state index is 0.312. The SMILES string of the molecule is Cn1c(-c2ccccc2)c(O)c(-c2ccccc2)[n+]1C. The number of hydrogen-bond donors (Lipinski definition) is 1. The van der Waals surface area contributed by atoms with Crippen LogP contribution in [0, 0.1) is 0 Å². The lowest BCUT2D eigenvalue weighted by atomic mass is 10.1. The molecule has 3 nitrogen and oxygen atoms in total. The van der Waals surface area contributed by atoms with Gasteiger partial charge in [-0.1, -0.05) is 48.5 Å². The zero-order valence-electron chi connectivity index (χ0n) is 11.6. The van der Waals surface area contributed by atoms with E-state index in [1.54, 1.807) is 0 Å². The molecule has 0 saturated heterocycles. The van der Waals surface area contributed by atoms with E-state index in [1.165, 1.54) is 0 Å². The van der Waals surface area contributed by atoms with E-state index in [2.05, 4.69) is 0 Å². The molecular formula is C17H17N2O+. The Balaban J connectivity index is 2.25. The maximum Gasteiger partial charge on any atom is 0.280 e. The van der Waals surface area contributed by atoms with Crippen molar-refractivity contribution in [2.24, 2.45) is 14.1 Å². The van der Waals surface area contributed by atoms with Gasteiger partial charge in [0, 0.05) is 5.56 Å². The molecule has 100 valence electrons. The molecule has 0 aliphatic heterocycles. The monoisotopic (exact) mass is 265 g/mol. The van der Waals surface area contributed by atoms with Crippen molar-refractivity contribution in [3.8, 4) is 28.3 Å². The highest BCUT2D eigenvalue weighted by atomic mass is 16.3. The number of rotatable bonds is 2. The van der Waals surface area contributed by atoms with Crippen molar-refractivity contribution >= 4 is 0 Å². The Morgan fingerprint density at radius 2 is 1.35 bits per heavy atom. The third-order valence-electron chi connectivity index (χ3n) is 3.64. The highest BCUT2D eigenvalue weighted by Gasteiger charge is 2.27. The van der Waals surface area contributed by atoms with Gasteiger partial charge in [0.05, 0.1) is 12.6 Å². The summed E-state index contributed by atoms with van der Waals surface area (Å²) < 4.78 is 3.93. The molecule has 0 aliphatic carbocycles. The van der Waals surface area contributed by atoms with Crippen molar-refractivity contribution in [3.63, 3.8) is 0 Å². The van der Waals surface area contributed by atoms with Gasteiger partial charge in [-0.05, 0) is 12.1 Å². The summed E-state index contributed by atoms with van der Waals surface area (Å²) in [6.07, 6.45) is 0. The van der Waals surface area contributed by atoms with Crippen LogP contribution in [0.1, 0.15) is 0 Å². The van der Waals surface area contributed by atoms with Crippen LogP contribution in [0.2, 0.25) is 0 Å². The molecule has 0 fully saturated rings. The zero-order valence-corrected chi connectivity index (χ0v) is 11.6. The standard InChI is InChI=1S/C17H16N2O/c1-18-15(13-9-5-3-6-10-13)17(20)16(19(18)2)14-11-7-4-8-12-14/h3-12H,1-2H3/p+1. The number of hydrogen-bond acceptors (Lipinski definition) is 1. The maximum absolute atomic E-state index is 10.7. The quantitative estimate of drug-likeness (QED) is 0.709. The van der Waals surface area contributed by atoms with Crippen LogP contribution in [0.3, 0.4) is 0 Å². The molecule has 0 bridgehead atoms. The topological polar surface area (TPSA) is 29.0 Å². The van der Waals surface area contributed by atoms with Crippen LogP contribution in [0.4, 0.5) is 0 Å². The summed E-state index contributed by atoms with van der Waals surface area (Å²) >= 11 is 0. The van der Waals surface area contributed by atoms with Gasteiger partial charge in [0.25, 0.3) is 5.69 Å². The normalized spacial score (nSPS) is 10.7. The molecule has 0 aliphatic rings. The average Bonchev–Trinajstić information content (AvgIpc) is 2.71. The third kappa shape index (κ3) is 1.88. The number of aromatic hydroxyl groups is 1. The van der Waals surface area contributed by atoms with Crippen molar-refractivity contribution in [2.45, 2.75) is 0 Å². The zero-order chi connectivity index (χ0) is 14.1. The van der Waals surface area contributed by atoms with Crippen LogP contribution < -0.4 is 4.68 Å². The smallest absolute Gasteiger partial charge is 0.280 e. The summed E-state index contributed by atoms with van der Waals surface area (Å²) in [4.78, 5) is 0. The summed E-state index contributed by atoms with van der Waals surface area (Å²) in [5.74, 6) is 0.312. The molecule has 1 N–H and O–H groups in total. The van der Waals surface area contributed by atoms with Gasteiger partial charge in [-0.3, -0.25) is 0 Å². The molecule has 1 aromatic heterocycles. The largest absolute Gasteiger partial charge is 0.501 e. The Bertz CT molecular complexity index is 668. The van der Waals surface area contributed by atoms with Crippen LogP contribution in [0.25, 0.3) is 22.5 Å². The third-order valence-corrected chi connectivity index (χ3v) is 3.64. The number of benzene rings is 2. The Morgan fingerprint density at radius 3 is 1.90 bits per heavy atom. The highest BCUT2D eigenvalue weighted by molar-refractivity contribution is 5.75. The summed E-state index contributed by atoms with van der Waals surface area (Å²) in [5, 5.41) is 10.7. The van der Waals surface area contributed by atoms with Gasteiger partial charge in [-0.25, -0.2) is 0 Å². The molecule has 0 radical (unpaired) electrons. The molecule has 3 aromatic rings. The Labute approximate surface area is 118 Å². The van der Waals surface area contributed by atoms with E-state index in [9.17, 15) is 5.11 Å². The summed E-state index contributed by atoms with van der Waals surface area (Å²) in [6, 6.07) is 19.9. The van der Waals surface area contributed by atoms with Crippen LogP contribution in [-0.4, -0.2) is 9.79 Å². The van der Waals surface area contributed by atoms with Gasteiger partial charge in [0.15, 0.2) is 12.7 Å². The Morgan fingerprint density at radius 1 is 0.850 bits per heavy atom. The van der Waals surface area contributed by atoms with E-state index < -0.39 is 0 Å². The predicted molar refractivity (Wildman–Crippen MR) is 79.1 cm³/mol. The highest BCUT2D eigenvalue weighted by Crippen LogP contribution is 2.35. The molecule has 0 amide bonds. The van der Waals surface area contributed by atoms with Crippen molar-refractivity contribution in [1.82, 2.24) is 4.68 Å². The van der Waals surface area contributed by atoms with Crippen molar-refractivity contribution in [2.75, 3.05) is 0 Å². The molecule has 3 rings (SSSR count). The van der Waals surface area contributed by atoms with Crippen molar-refractivity contribution < 1.29 is 9.79 Å². The Hall–Kier alpha value is -2.55. The fourth-order valence-corrected chi connectivity index (χ4v) is 2.56. The van der Waals surface area contributed by atoms with E-state index in [1.807, 2.05) is 84.1 Å². The second-order valence-corrected chi connectivity index (χ2v) is 4.83. The van der Waals surface area contributed by atoms with Gasteiger partial charge in [0.2, 0.25) is 5.75 Å². The molecule has 1 heterocycles. The lowest BCUT2D eigenvalue weighted by molar-refractivity contribution is -0.740. The van der Waals surface area contributed by atoms with Gasteiger partial charge < -0.3 is 5.11 Å². The van der Waals surface area contributed by atoms with Crippen LogP contribution in [0.15, 0.2) is 60.7 Å². The molecule has 0 spiro atoms. The summed E-state index contributed by atoms with van der Waals surface area (Å²) in [6.45, 7) is 0. The average molecular weight is 265 g/mol. The second-order valence-electron chi connectivity index (χ2n) is 4.83. The van der Waals surface area contributed by atoms with Gasteiger partial charge in [-0.15, -0.1) is 4.68 Å². The first-order valence-corrected chi connectivity index (χ1v) is 6.59. The molecule has 2 aromatic carbocycles. The van der Waals surface area contributed by atoms with Crippen LogP contribution in [-0.2, 0) is 14.1 Å². The van der Waals surface area contributed by atoms with E-state index in [0.717, 1.165) is 22.5 Å². The first kappa shape index (κ1) is 12.5. The predicted octanol–water partition coefficient (Wildman–Crippen LogP) is 2.89. The fraction of sp³-hybridized carbons (Fsp3) is 0.118. The number of aromatic nitrogens is 2. The second kappa shape index (κ2) is 4.85.